The van der Waals surface area contributed by atoms with Gasteiger partial charge in [0.1, 0.15) is 12.3 Å². The Kier molecular flexibility index (Phi) is 5.46. The van der Waals surface area contributed by atoms with Gasteiger partial charge in [0, 0.05) is 0 Å². The largest absolute Gasteiger partial charge is 0.495 e. The standard InChI is InChI=1S/C17H20N2O4S/c1-13-7-6-8-14(11-13)19(24(3,21)22)12-17(20)18-15-9-4-5-10-16(15)23-2/h4-11H,12H2,1-3H3,(H,18,20). The molecule has 7 heteroatoms. The van der Waals surface area contributed by atoms with Crippen LogP contribution in [-0.4, -0.2) is 34.2 Å². The fourth-order valence-electron chi connectivity index (χ4n) is 2.25. The number of aryl methyl sites for hydroxylation is 1. The highest BCUT2D eigenvalue weighted by atomic mass is 32.2. The maximum atomic E-state index is 12.3. The number of nitrogens with one attached hydrogen (secondary N) is 1. The predicted molar refractivity (Wildman–Crippen MR) is 95.0 cm³/mol. The first kappa shape index (κ1) is 17.8. The molecule has 0 saturated heterocycles. The molecule has 128 valence electrons. The fourth-order valence-corrected chi connectivity index (χ4v) is 3.10. The lowest BCUT2D eigenvalue weighted by Gasteiger charge is -2.22. The van der Waals surface area contributed by atoms with E-state index in [0.29, 0.717) is 17.1 Å². The first-order valence-electron chi connectivity index (χ1n) is 7.28. The number of para-hydroxylation sites is 2. The number of methoxy groups -OCH3 is 1. The van der Waals surface area contributed by atoms with E-state index in [2.05, 4.69) is 5.32 Å². The molecule has 0 aliphatic carbocycles. The van der Waals surface area contributed by atoms with E-state index >= 15 is 0 Å². The zero-order chi connectivity index (χ0) is 17.7. The Balaban J connectivity index is 2.23. The number of rotatable bonds is 6. The van der Waals surface area contributed by atoms with Crippen LogP contribution in [0.1, 0.15) is 5.56 Å². The molecule has 0 radical (unpaired) electrons. The Morgan fingerprint density at radius 2 is 1.88 bits per heavy atom. The molecule has 0 saturated carbocycles. The summed E-state index contributed by atoms with van der Waals surface area (Å²) in [6.45, 7) is 1.54. The van der Waals surface area contributed by atoms with Crippen molar-refractivity contribution in [2.24, 2.45) is 0 Å². The number of hydrogen-bond donors (Lipinski definition) is 1. The molecule has 0 unspecified atom stereocenters. The number of sulfonamides is 1. The number of nitrogens with zero attached hydrogens (tertiary/aromatic N) is 1. The Hall–Kier alpha value is -2.54. The van der Waals surface area contributed by atoms with E-state index in [-0.39, 0.29) is 6.54 Å². The number of anilines is 2. The van der Waals surface area contributed by atoms with Crippen molar-refractivity contribution in [3.8, 4) is 5.75 Å². The van der Waals surface area contributed by atoms with E-state index in [1.807, 2.05) is 13.0 Å². The van der Waals surface area contributed by atoms with Crippen molar-refractivity contribution in [3.05, 3.63) is 54.1 Å². The van der Waals surface area contributed by atoms with E-state index in [1.165, 1.54) is 7.11 Å². The van der Waals surface area contributed by atoms with Gasteiger partial charge in [-0.3, -0.25) is 9.10 Å². The number of carbonyl (C=O) groups is 1. The molecule has 0 atom stereocenters. The van der Waals surface area contributed by atoms with E-state index in [0.717, 1.165) is 16.1 Å². The zero-order valence-electron chi connectivity index (χ0n) is 13.8. The quantitative estimate of drug-likeness (QED) is 0.870. The molecule has 0 aliphatic rings. The third kappa shape index (κ3) is 4.48. The summed E-state index contributed by atoms with van der Waals surface area (Å²) in [5, 5.41) is 2.68. The summed E-state index contributed by atoms with van der Waals surface area (Å²) in [7, 11) is -2.10. The van der Waals surface area contributed by atoms with Crippen LogP contribution < -0.4 is 14.4 Å². The van der Waals surface area contributed by atoms with Crippen LogP contribution >= 0.6 is 0 Å². The normalized spacial score (nSPS) is 11.0. The fraction of sp³-hybridized carbons (Fsp3) is 0.235. The molecule has 1 N–H and O–H groups in total. The Morgan fingerprint density at radius 3 is 2.50 bits per heavy atom. The SMILES string of the molecule is COc1ccccc1NC(=O)CN(c1cccc(C)c1)S(C)(=O)=O. The molecule has 0 bridgehead atoms. The molecule has 2 rings (SSSR count). The van der Waals surface area contributed by atoms with Crippen LogP contribution in [0.4, 0.5) is 11.4 Å². The topological polar surface area (TPSA) is 75.7 Å². The number of amides is 1. The summed E-state index contributed by atoms with van der Waals surface area (Å²) in [5.74, 6) is 0.0544. The first-order chi connectivity index (χ1) is 11.3. The minimum atomic E-state index is -3.60. The predicted octanol–water partition coefficient (Wildman–Crippen LogP) is 2.41. The van der Waals surface area contributed by atoms with Gasteiger partial charge in [0.25, 0.3) is 0 Å². The highest BCUT2D eigenvalue weighted by Crippen LogP contribution is 2.24. The second kappa shape index (κ2) is 7.35. The molecular formula is C17H20N2O4S. The summed E-state index contributed by atoms with van der Waals surface area (Å²) in [4.78, 5) is 12.3. The van der Waals surface area contributed by atoms with Crippen molar-refractivity contribution in [2.45, 2.75) is 6.92 Å². The van der Waals surface area contributed by atoms with E-state index in [1.54, 1.807) is 42.5 Å². The van der Waals surface area contributed by atoms with Gasteiger partial charge < -0.3 is 10.1 Å². The maximum absolute atomic E-state index is 12.3. The average molecular weight is 348 g/mol. The van der Waals surface area contributed by atoms with Gasteiger partial charge in [-0.15, -0.1) is 0 Å². The summed E-state index contributed by atoms with van der Waals surface area (Å²) in [6, 6.07) is 13.9. The van der Waals surface area contributed by atoms with Gasteiger partial charge in [-0.1, -0.05) is 24.3 Å². The minimum Gasteiger partial charge on any atom is -0.495 e. The Labute approximate surface area is 142 Å². The molecule has 0 heterocycles. The number of benzene rings is 2. The molecule has 2 aromatic carbocycles. The molecule has 24 heavy (non-hydrogen) atoms. The third-order valence-corrected chi connectivity index (χ3v) is 4.50. The van der Waals surface area contributed by atoms with Crippen LogP contribution in [0.3, 0.4) is 0 Å². The van der Waals surface area contributed by atoms with Crippen LogP contribution in [0, 0.1) is 6.92 Å². The molecule has 0 fully saturated rings. The molecule has 0 aliphatic heterocycles. The van der Waals surface area contributed by atoms with Crippen molar-refractivity contribution in [3.63, 3.8) is 0 Å². The number of carbonyl (C=O) groups excluding carboxylic acids is 1. The summed E-state index contributed by atoms with van der Waals surface area (Å²) < 4.78 is 30.4. The monoisotopic (exact) mass is 348 g/mol. The van der Waals surface area contributed by atoms with Crippen molar-refractivity contribution < 1.29 is 17.9 Å². The van der Waals surface area contributed by atoms with Gasteiger partial charge >= 0.3 is 0 Å². The van der Waals surface area contributed by atoms with E-state index < -0.39 is 15.9 Å². The van der Waals surface area contributed by atoms with Gasteiger partial charge in [0.2, 0.25) is 15.9 Å². The molecule has 2 aromatic rings. The lowest BCUT2D eigenvalue weighted by atomic mass is 10.2. The summed E-state index contributed by atoms with van der Waals surface area (Å²) in [5.41, 5.74) is 1.85. The van der Waals surface area contributed by atoms with Crippen LogP contribution in [-0.2, 0) is 14.8 Å². The summed E-state index contributed by atoms with van der Waals surface area (Å²) >= 11 is 0. The van der Waals surface area contributed by atoms with Gasteiger partial charge in [-0.2, -0.15) is 0 Å². The Morgan fingerprint density at radius 1 is 1.17 bits per heavy atom. The first-order valence-corrected chi connectivity index (χ1v) is 9.13. The van der Waals surface area contributed by atoms with E-state index in [9.17, 15) is 13.2 Å². The average Bonchev–Trinajstić information content (AvgIpc) is 2.52. The number of ether oxygens (including phenoxy) is 1. The van der Waals surface area contributed by atoms with Gasteiger partial charge in [0.05, 0.1) is 24.7 Å². The highest BCUT2D eigenvalue weighted by molar-refractivity contribution is 7.92. The zero-order valence-corrected chi connectivity index (χ0v) is 14.6. The van der Waals surface area contributed by atoms with Gasteiger partial charge in [-0.05, 0) is 36.8 Å². The van der Waals surface area contributed by atoms with Gasteiger partial charge in [0.15, 0.2) is 0 Å². The van der Waals surface area contributed by atoms with Crippen LogP contribution in [0.2, 0.25) is 0 Å². The van der Waals surface area contributed by atoms with Crippen LogP contribution in [0.5, 0.6) is 5.75 Å². The molecule has 0 spiro atoms. The second-order valence-corrected chi connectivity index (χ2v) is 7.26. The van der Waals surface area contributed by atoms with E-state index in [4.69, 9.17) is 4.74 Å². The van der Waals surface area contributed by atoms with Crippen LogP contribution in [0.25, 0.3) is 0 Å². The van der Waals surface area contributed by atoms with Crippen molar-refractivity contribution in [2.75, 3.05) is 29.5 Å². The highest BCUT2D eigenvalue weighted by Gasteiger charge is 2.21. The van der Waals surface area contributed by atoms with Crippen molar-refractivity contribution in [1.29, 1.82) is 0 Å². The molecule has 1 amide bonds. The maximum Gasteiger partial charge on any atom is 0.245 e. The third-order valence-electron chi connectivity index (χ3n) is 3.36. The van der Waals surface area contributed by atoms with Crippen LogP contribution in [0.15, 0.2) is 48.5 Å². The molecule has 6 nitrogen and oxygen atoms in total. The lowest BCUT2D eigenvalue weighted by molar-refractivity contribution is -0.114. The number of hydrogen-bond acceptors (Lipinski definition) is 4. The smallest absolute Gasteiger partial charge is 0.245 e. The lowest BCUT2D eigenvalue weighted by Crippen LogP contribution is -2.37. The second-order valence-electron chi connectivity index (χ2n) is 5.36. The summed E-state index contributed by atoms with van der Waals surface area (Å²) in [6.07, 6.45) is 1.08. The minimum absolute atomic E-state index is 0.319. The Bertz CT molecular complexity index is 834. The molecule has 0 aromatic heterocycles. The molecular weight excluding hydrogens is 328 g/mol. The van der Waals surface area contributed by atoms with Crippen molar-refractivity contribution in [1.82, 2.24) is 0 Å². The van der Waals surface area contributed by atoms with Crippen molar-refractivity contribution >= 4 is 27.3 Å². The van der Waals surface area contributed by atoms with Gasteiger partial charge in [-0.25, -0.2) is 8.42 Å².